The number of amides is 3. The van der Waals surface area contributed by atoms with Gasteiger partial charge in [-0.3, -0.25) is 4.79 Å². The first-order chi connectivity index (χ1) is 12.9. The van der Waals surface area contributed by atoms with Crippen LogP contribution in [0.4, 0.5) is 19.3 Å². The van der Waals surface area contributed by atoms with Crippen LogP contribution in [0, 0.1) is 11.6 Å². The van der Waals surface area contributed by atoms with Crippen molar-refractivity contribution < 1.29 is 23.1 Å². The Morgan fingerprint density at radius 3 is 2.70 bits per heavy atom. The van der Waals surface area contributed by atoms with Crippen LogP contribution < -0.4 is 15.4 Å². The topological polar surface area (TPSA) is 70.7 Å². The van der Waals surface area contributed by atoms with E-state index in [2.05, 4.69) is 10.6 Å². The van der Waals surface area contributed by atoms with E-state index in [1.807, 2.05) is 0 Å². The molecule has 0 aromatic heterocycles. The van der Waals surface area contributed by atoms with Gasteiger partial charge in [0.25, 0.3) is 5.91 Å². The highest BCUT2D eigenvalue weighted by Gasteiger charge is 2.21. The minimum Gasteiger partial charge on any atom is -0.483 e. The van der Waals surface area contributed by atoms with E-state index in [0.717, 1.165) is 17.7 Å². The third-order valence-corrected chi connectivity index (χ3v) is 4.19. The van der Waals surface area contributed by atoms with Crippen molar-refractivity contribution in [3.63, 3.8) is 0 Å². The van der Waals surface area contributed by atoms with Crippen molar-refractivity contribution in [3.05, 3.63) is 58.6 Å². The normalized spacial score (nSPS) is 13.4. The van der Waals surface area contributed by atoms with Gasteiger partial charge in [0.1, 0.15) is 23.1 Å². The highest BCUT2D eigenvalue weighted by atomic mass is 35.5. The van der Waals surface area contributed by atoms with Crippen molar-refractivity contribution in [3.8, 4) is 5.75 Å². The molecule has 1 aliphatic heterocycles. The maximum atomic E-state index is 13.5. The van der Waals surface area contributed by atoms with Gasteiger partial charge in [0.05, 0.1) is 0 Å². The average molecular weight is 396 g/mol. The summed E-state index contributed by atoms with van der Waals surface area (Å²) in [6, 6.07) is 7.58. The molecule has 0 bridgehead atoms. The SMILES string of the molecule is O=C(NCCN1Cc2cc(Cl)ccc2OCC1=O)Nc1c(F)cccc1F. The van der Waals surface area contributed by atoms with Gasteiger partial charge in [0, 0.05) is 30.2 Å². The van der Waals surface area contributed by atoms with Gasteiger partial charge >= 0.3 is 6.03 Å². The Labute approximate surface area is 159 Å². The van der Waals surface area contributed by atoms with Crippen molar-refractivity contribution in [1.29, 1.82) is 0 Å². The van der Waals surface area contributed by atoms with Crippen LogP contribution in [-0.4, -0.2) is 36.5 Å². The van der Waals surface area contributed by atoms with E-state index < -0.39 is 23.4 Å². The lowest BCUT2D eigenvalue weighted by atomic mass is 10.2. The van der Waals surface area contributed by atoms with Gasteiger partial charge < -0.3 is 20.3 Å². The molecule has 9 heteroatoms. The molecule has 2 aromatic rings. The van der Waals surface area contributed by atoms with Gasteiger partial charge in [0.15, 0.2) is 6.61 Å². The number of hydrogen-bond donors (Lipinski definition) is 2. The van der Waals surface area contributed by atoms with E-state index in [1.54, 1.807) is 18.2 Å². The lowest BCUT2D eigenvalue weighted by Crippen LogP contribution is -2.40. The van der Waals surface area contributed by atoms with E-state index in [9.17, 15) is 18.4 Å². The molecule has 3 amide bonds. The molecule has 2 aromatic carbocycles. The molecule has 0 aliphatic carbocycles. The third kappa shape index (κ3) is 4.65. The maximum absolute atomic E-state index is 13.5. The maximum Gasteiger partial charge on any atom is 0.319 e. The Hall–Kier alpha value is -2.87. The molecule has 1 aliphatic rings. The number of para-hydroxylation sites is 1. The van der Waals surface area contributed by atoms with Gasteiger partial charge in [-0.2, -0.15) is 0 Å². The molecule has 6 nitrogen and oxygen atoms in total. The smallest absolute Gasteiger partial charge is 0.319 e. The molecule has 1 heterocycles. The number of rotatable bonds is 4. The quantitative estimate of drug-likeness (QED) is 0.835. The molecular formula is C18H16ClF2N3O3. The summed E-state index contributed by atoms with van der Waals surface area (Å²) < 4.78 is 32.5. The van der Waals surface area contributed by atoms with Crippen LogP contribution in [0.25, 0.3) is 0 Å². The Bertz CT molecular complexity index is 859. The van der Waals surface area contributed by atoms with Crippen LogP contribution in [0.1, 0.15) is 5.56 Å². The Morgan fingerprint density at radius 2 is 1.96 bits per heavy atom. The number of ether oxygens (including phenoxy) is 1. The van der Waals surface area contributed by atoms with Crippen LogP contribution in [0.3, 0.4) is 0 Å². The van der Waals surface area contributed by atoms with Crippen molar-refractivity contribution in [1.82, 2.24) is 10.2 Å². The molecule has 0 saturated heterocycles. The molecule has 0 unspecified atom stereocenters. The molecule has 2 N–H and O–H groups in total. The first-order valence-corrected chi connectivity index (χ1v) is 8.49. The van der Waals surface area contributed by atoms with Crippen molar-refractivity contribution in [2.24, 2.45) is 0 Å². The Kier molecular flexibility index (Phi) is 5.75. The number of halogens is 3. The Balaban J connectivity index is 1.56. The summed E-state index contributed by atoms with van der Waals surface area (Å²) in [7, 11) is 0. The summed E-state index contributed by atoms with van der Waals surface area (Å²) >= 11 is 5.98. The monoisotopic (exact) mass is 395 g/mol. The second-order valence-corrected chi connectivity index (χ2v) is 6.27. The molecule has 3 rings (SSSR count). The number of urea groups is 1. The molecule has 0 saturated carbocycles. The minimum atomic E-state index is -0.876. The molecule has 27 heavy (non-hydrogen) atoms. The number of benzene rings is 2. The summed E-state index contributed by atoms with van der Waals surface area (Å²) in [6.07, 6.45) is 0. The lowest BCUT2D eigenvalue weighted by molar-refractivity contribution is -0.133. The van der Waals surface area contributed by atoms with Gasteiger partial charge in [-0.15, -0.1) is 0 Å². The highest BCUT2D eigenvalue weighted by Crippen LogP contribution is 2.26. The van der Waals surface area contributed by atoms with Crippen LogP contribution in [-0.2, 0) is 11.3 Å². The number of carbonyl (C=O) groups is 2. The second kappa shape index (κ2) is 8.22. The number of anilines is 1. The zero-order valence-corrected chi connectivity index (χ0v) is 14.9. The van der Waals surface area contributed by atoms with Crippen LogP contribution in [0.2, 0.25) is 5.02 Å². The zero-order chi connectivity index (χ0) is 19.4. The number of fused-ring (bicyclic) bond motifs is 1. The predicted molar refractivity (Wildman–Crippen MR) is 95.7 cm³/mol. The second-order valence-electron chi connectivity index (χ2n) is 5.83. The summed E-state index contributed by atoms with van der Waals surface area (Å²) in [4.78, 5) is 25.5. The molecule has 0 atom stereocenters. The van der Waals surface area contributed by atoms with Crippen LogP contribution >= 0.6 is 11.6 Å². The van der Waals surface area contributed by atoms with Gasteiger partial charge in [0.2, 0.25) is 0 Å². The van der Waals surface area contributed by atoms with Crippen molar-refractivity contribution in [2.75, 3.05) is 25.0 Å². The molecule has 142 valence electrons. The highest BCUT2D eigenvalue weighted by molar-refractivity contribution is 6.30. The Morgan fingerprint density at radius 1 is 1.22 bits per heavy atom. The lowest BCUT2D eigenvalue weighted by Gasteiger charge is -2.20. The number of nitrogens with zero attached hydrogens (tertiary/aromatic N) is 1. The summed E-state index contributed by atoms with van der Waals surface area (Å²) in [5.41, 5.74) is 0.226. The van der Waals surface area contributed by atoms with E-state index >= 15 is 0 Å². The molecule has 0 spiro atoms. The number of nitrogens with one attached hydrogen (secondary N) is 2. The summed E-state index contributed by atoms with van der Waals surface area (Å²) in [5, 5.41) is 5.11. The fourth-order valence-electron chi connectivity index (χ4n) is 2.62. The van der Waals surface area contributed by atoms with E-state index in [0.29, 0.717) is 10.8 Å². The van der Waals surface area contributed by atoms with E-state index in [1.165, 1.54) is 11.0 Å². The fraction of sp³-hybridized carbons (Fsp3) is 0.222. The van der Waals surface area contributed by atoms with Crippen molar-refractivity contribution >= 4 is 29.2 Å². The number of carbonyl (C=O) groups excluding carboxylic acids is 2. The summed E-state index contributed by atoms with van der Waals surface area (Å²) in [6.45, 7) is 0.437. The number of hydrogen-bond acceptors (Lipinski definition) is 3. The van der Waals surface area contributed by atoms with Crippen LogP contribution in [0.5, 0.6) is 5.75 Å². The first kappa shape index (κ1) is 18.9. The molecule has 0 fully saturated rings. The zero-order valence-electron chi connectivity index (χ0n) is 14.1. The minimum absolute atomic E-state index is 0.0868. The molecule has 0 radical (unpaired) electrons. The van der Waals surface area contributed by atoms with E-state index in [-0.39, 0.29) is 32.1 Å². The predicted octanol–water partition coefficient (Wildman–Crippen LogP) is 3.16. The first-order valence-electron chi connectivity index (χ1n) is 8.12. The van der Waals surface area contributed by atoms with Gasteiger partial charge in [-0.05, 0) is 30.3 Å². The van der Waals surface area contributed by atoms with Crippen molar-refractivity contribution in [2.45, 2.75) is 6.54 Å². The van der Waals surface area contributed by atoms with E-state index in [4.69, 9.17) is 16.3 Å². The summed E-state index contributed by atoms with van der Waals surface area (Å²) in [5.74, 6) is -1.42. The van der Waals surface area contributed by atoms with Crippen LogP contribution in [0.15, 0.2) is 36.4 Å². The largest absolute Gasteiger partial charge is 0.483 e. The fourth-order valence-corrected chi connectivity index (χ4v) is 2.81. The van der Waals surface area contributed by atoms with Gasteiger partial charge in [-0.1, -0.05) is 17.7 Å². The average Bonchev–Trinajstić information content (AvgIpc) is 2.77. The standard InChI is InChI=1S/C18H16ClF2N3O3/c19-12-4-5-15-11(8-12)9-24(16(25)10-27-15)7-6-22-18(26)23-17-13(20)2-1-3-14(17)21/h1-5,8H,6-7,9-10H2,(H2,22,23,26). The third-order valence-electron chi connectivity index (χ3n) is 3.96. The molecular weight excluding hydrogens is 380 g/mol. The van der Waals surface area contributed by atoms with Gasteiger partial charge in [-0.25, -0.2) is 13.6 Å².